The zero-order chi connectivity index (χ0) is 11.9. The van der Waals surface area contributed by atoms with Crippen LogP contribution in [0.1, 0.15) is 24.0 Å². The second kappa shape index (κ2) is 6.74. The summed E-state index contributed by atoms with van der Waals surface area (Å²) in [6, 6.07) is 8.08. The van der Waals surface area contributed by atoms with Gasteiger partial charge in [0.15, 0.2) is 0 Å². The van der Waals surface area contributed by atoms with Crippen molar-refractivity contribution in [3.05, 3.63) is 35.4 Å². The molecule has 3 heteroatoms. The number of aliphatic hydroxyl groups excluding tert-OH is 1. The van der Waals surface area contributed by atoms with Crippen LogP contribution in [0.15, 0.2) is 24.3 Å². The Morgan fingerprint density at radius 1 is 1.24 bits per heavy atom. The van der Waals surface area contributed by atoms with Gasteiger partial charge in [-0.1, -0.05) is 24.3 Å². The highest BCUT2D eigenvalue weighted by Crippen LogP contribution is 2.12. The summed E-state index contributed by atoms with van der Waals surface area (Å²) < 4.78 is 5.45. The Balaban J connectivity index is 1.69. The van der Waals surface area contributed by atoms with E-state index in [0.717, 1.165) is 31.9 Å². The number of aliphatic hydroxyl groups is 1. The van der Waals surface area contributed by atoms with Crippen LogP contribution < -0.4 is 5.32 Å². The molecule has 1 aromatic rings. The maximum absolute atomic E-state index is 8.95. The van der Waals surface area contributed by atoms with E-state index in [1.165, 1.54) is 18.4 Å². The zero-order valence-corrected chi connectivity index (χ0v) is 10.2. The summed E-state index contributed by atoms with van der Waals surface area (Å²) in [7, 11) is 0. The third kappa shape index (κ3) is 4.11. The van der Waals surface area contributed by atoms with Crippen LogP contribution in [0.5, 0.6) is 0 Å². The second-order valence-corrected chi connectivity index (χ2v) is 4.69. The van der Waals surface area contributed by atoms with Crippen molar-refractivity contribution in [2.24, 2.45) is 5.92 Å². The molecule has 1 aromatic carbocycles. The van der Waals surface area contributed by atoms with E-state index in [-0.39, 0.29) is 6.61 Å². The maximum atomic E-state index is 8.95. The van der Waals surface area contributed by atoms with Gasteiger partial charge < -0.3 is 15.2 Å². The summed E-state index contributed by atoms with van der Waals surface area (Å²) in [6.45, 7) is 3.87. The highest BCUT2D eigenvalue weighted by molar-refractivity contribution is 5.21. The summed E-state index contributed by atoms with van der Waals surface area (Å²) >= 11 is 0. The van der Waals surface area contributed by atoms with Gasteiger partial charge in [-0.15, -0.1) is 0 Å². The first-order chi connectivity index (χ1) is 8.38. The Morgan fingerprint density at radius 2 is 2.00 bits per heavy atom. The molecule has 3 nitrogen and oxygen atoms in total. The largest absolute Gasteiger partial charge is 0.392 e. The second-order valence-electron chi connectivity index (χ2n) is 4.69. The average Bonchev–Trinajstić information content (AvgIpc) is 2.41. The number of ether oxygens (including phenoxy) is 1. The standard InChI is InChI=1S/C14H21NO2/c16-10-13-5-3-12(4-6-13)8-15-9-14-2-1-7-17-11-14/h3-6,14-16H,1-2,7-11H2. The summed E-state index contributed by atoms with van der Waals surface area (Å²) in [6.07, 6.45) is 2.47. The van der Waals surface area contributed by atoms with Crippen LogP contribution in [0, 0.1) is 5.92 Å². The van der Waals surface area contributed by atoms with Gasteiger partial charge >= 0.3 is 0 Å². The van der Waals surface area contributed by atoms with Gasteiger partial charge in [0.25, 0.3) is 0 Å². The molecule has 17 heavy (non-hydrogen) atoms. The molecule has 1 unspecified atom stereocenters. The molecule has 0 radical (unpaired) electrons. The molecule has 1 saturated heterocycles. The van der Waals surface area contributed by atoms with Crippen LogP contribution in [-0.4, -0.2) is 24.9 Å². The molecule has 0 spiro atoms. The fraction of sp³-hybridized carbons (Fsp3) is 0.571. The molecule has 0 bridgehead atoms. The number of benzene rings is 1. The predicted octanol–water partition coefficient (Wildman–Crippen LogP) is 1.70. The topological polar surface area (TPSA) is 41.5 Å². The van der Waals surface area contributed by atoms with E-state index in [0.29, 0.717) is 5.92 Å². The molecule has 2 rings (SSSR count). The van der Waals surface area contributed by atoms with Crippen LogP contribution in [0.4, 0.5) is 0 Å². The van der Waals surface area contributed by atoms with Gasteiger partial charge in [0.1, 0.15) is 0 Å². The van der Waals surface area contributed by atoms with Gasteiger partial charge in [0.2, 0.25) is 0 Å². The lowest BCUT2D eigenvalue weighted by atomic mass is 10.0. The monoisotopic (exact) mass is 235 g/mol. The van der Waals surface area contributed by atoms with Gasteiger partial charge in [0, 0.05) is 19.7 Å². The molecule has 0 aromatic heterocycles. The van der Waals surface area contributed by atoms with Gasteiger partial charge in [-0.05, 0) is 29.9 Å². The van der Waals surface area contributed by atoms with E-state index in [1.807, 2.05) is 12.1 Å². The SMILES string of the molecule is OCc1ccc(CNCC2CCCOC2)cc1. The van der Waals surface area contributed by atoms with Crippen molar-refractivity contribution in [3.63, 3.8) is 0 Å². The first kappa shape index (κ1) is 12.6. The molecule has 1 aliphatic heterocycles. The quantitative estimate of drug-likeness (QED) is 0.816. The number of rotatable bonds is 5. The molecular weight excluding hydrogens is 214 g/mol. The fourth-order valence-corrected chi connectivity index (χ4v) is 2.15. The highest BCUT2D eigenvalue weighted by Gasteiger charge is 2.12. The Kier molecular flexibility index (Phi) is 4.98. The molecule has 1 aliphatic rings. The summed E-state index contributed by atoms with van der Waals surface area (Å²) in [5.74, 6) is 0.667. The highest BCUT2D eigenvalue weighted by atomic mass is 16.5. The summed E-state index contributed by atoms with van der Waals surface area (Å²) in [4.78, 5) is 0. The molecule has 1 fully saturated rings. The van der Waals surface area contributed by atoms with Gasteiger partial charge in [0.05, 0.1) is 13.2 Å². The molecule has 1 atom stereocenters. The van der Waals surface area contributed by atoms with Crippen molar-refractivity contribution < 1.29 is 9.84 Å². The fourth-order valence-electron chi connectivity index (χ4n) is 2.15. The van der Waals surface area contributed by atoms with Crippen LogP contribution in [0.25, 0.3) is 0 Å². The minimum Gasteiger partial charge on any atom is -0.392 e. The maximum Gasteiger partial charge on any atom is 0.0681 e. The van der Waals surface area contributed by atoms with Crippen molar-refractivity contribution in [1.29, 1.82) is 0 Å². The smallest absolute Gasteiger partial charge is 0.0681 e. The minimum atomic E-state index is 0.118. The molecule has 1 heterocycles. The first-order valence-electron chi connectivity index (χ1n) is 6.35. The Morgan fingerprint density at radius 3 is 2.65 bits per heavy atom. The van der Waals surface area contributed by atoms with E-state index in [1.54, 1.807) is 0 Å². The molecule has 0 amide bonds. The summed E-state index contributed by atoms with van der Waals surface area (Å²) in [5.41, 5.74) is 2.23. The van der Waals surface area contributed by atoms with Crippen LogP contribution in [-0.2, 0) is 17.9 Å². The number of hydrogen-bond acceptors (Lipinski definition) is 3. The lowest BCUT2D eigenvalue weighted by Gasteiger charge is -2.22. The Bertz CT molecular complexity index is 317. The average molecular weight is 235 g/mol. The summed E-state index contributed by atoms with van der Waals surface area (Å²) in [5, 5.41) is 12.4. The van der Waals surface area contributed by atoms with Crippen molar-refractivity contribution in [1.82, 2.24) is 5.32 Å². The van der Waals surface area contributed by atoms with Crippen molar-refractivity contribution >= 4 is 0 Å². The lowest BCUT2D eigenvalue weighted by molar-refractivity contribution is 0.0547. The normalized spacial score (nSPS) is 20.4. The van der Waals surface area contributed by atoms with Crippen LogP contribution >= 0.6 is 0 Å². The van der Waals surface area contributed by atoms with Crippen LogP contribution in [0.2, 0.25) is 0 Å². The first-order valence-corrected chi connectivity index (χ1v) is 6.35. The van der Waals surface area contributed by atoms with Crippen molar-refractivity contribution in [2.75, 3.05) is 19.8 Å². The van der Waals surface area contributed by atoms with E-state index >= 15 is 0 Å². The van der Waals surface area contributed by atoms with Gasteiger partial charge in [-0.25, -0.2) is 0 Å². The van der Waals surface area contributed by atoms with Gasteiger partial charge in [-0.2, -0.15) is 0 Å². The van der Waals surface area contributed by atoms with Crippen LogP contribution in [0.3, 0.4) is 0 Å². The van der Waals surface area contributed by atoms with Gasteiger partial charge in [-0.3, -0.25) is 0 Å². The lowest BCUT2D eigenvalue weighted by Crippen LogP contribution is -2.28. The third-order valence-electron chi connectivity index (χ3n) is 3.22. The van der Waals surface area contributed by atoms with E-state index in [2.05, 4.69) is 17.4 Å². The number of hydrogen-bond donors (Lipinski definition) is 2. The molecule has 0 aliphatic carbocycles. The third-order valence-corrected chi connectivity index (χ3v) is 3.22. The Hall–Kier alpha value is -0.900. The molecule has 94 valence electrons. The molecule has 2 N–H and O–H groups in total. The molecular formula is C14H21NO2. The van der Waals surface area contributed by atoms with E-state index < -0.39 is 0 Å². The van der Waals surface area contributed by atoms with Crippen molar-refractivity contribution in [2.45, 2.75) is 26.0 Å². The zero-order valence-electron chi connectivity index (χ0n) is 10.2. The Labute approximate surface area is 103 Å². The van der Waals surface area contributed by atoms with Crippen molar-refractivity contribution in [3.8, 4) is 0 Å². The predicted molar refractivity (Wildman–Crippen MR) is 67.6 cm³/mol. The van der Waals surface area contributed by atoms with E-state index in [9.17, 15) is 0 Å². The minimum absolute atomic E-state index is 0.118. The molecule has 0 saturated carbocycles. The number of nitrogens with one attached hydrogen (secondary N) is 1. The van der Waals surface area contributed by atoms with E-state index in [4.69, 9.17) is 9.84 Å².